The van der Waals surface area contributed by atoms with E-state index in [0.29, 0.717) is 23.6 Å². The van der Waals surface area contributed by atoms with Crippen molar-refractivity contribution in [2.24, 2.45) is 0 Å². The molecule has 0 bridgehead atoms. The molecule has 0 radical (unpaired) electrons. The van der Waals surface area contributed by atoms with E-state index >= 15 is 0 Å². The molecule has 4 rings (SSSR count). The summed E-state index contributed by atoms with van der Waals surface area (Å²) >= 11 is 0. The molecule has 1 saturated heterocycles. The summed E-state index contributed by atoms with van der Waals surface area (Å²) < 4.78 is 3.85. The molecule has 1 saturated carbocycles. The Bertz CT molecular complexity index is 680. The number of hydrogen-bond acceptors (Lipinski definition) is 4. The first-order chi connectivity index (χ1) is 11.3. The van der Waals surface area contributed by atoms with E-state index in [1.807, 2.05) is 27.8 Å². The Morgan fingerprint density at radius 3 is 2.61 bits per heavy atom. The maximum atomic E-state index is 12.3. The van der Waals surface area contributed by atoms with E-state index in [2.05, 4.69) is 20.8 Å². The summed E-state index contributed by atoms with van der Waals surface area (Å²) in [5.74, 6) is 0.391. The van der Waals surface area contributed by atoms with Crippen LogP contribution in [0.25, 0.3) is 0 Å². The van der Waals surface area contributed by atoms with Crippen LogP contribution in [0.1, 0.15) is 54.7 Å². The van der Waals surface area contributed by atoms with Crippen LogP contribution in [-0.2, 0) is 0 Å². The fourth-order valence-electron chi connectivity index (χ4n) is 3.16. The second-order valence-electron chi connectivity index (χ2n) is 6.40. The van der Waals surface area contributed by atoms with Crippen molar-refractivity contribution in [2.45, 2.75) is 44.2 Å². The number of carbonyl (C=O) groups excluding carboxylic acids is 1. The number of nitrogens with one attached hydrogen (secondary N) is 2. The SMILES string of the molecule is O=C(Nc1ccn(C2CCC2)n1)c1ccn([C@H]2CCCNC2)n1. The standard InChI is InChI=1S/C16H22N6O/c23-16(18-15-7-10-21(20-15)12-3-1-4-12)14-6-9-22(19-14)13-5-2-8-17-11-13/h6-7,9-10,12-13,17H,1-5,8,11H2,(H,18,20,23)/t13-/m0/s1. The molecule has 0 aromatic carbocycles. The normalized spacial score (nSPS) is 21.8. The van der Waals surface area contributed by atoms with E-state index in [9.17, 15) is 4.79 Å². The van der Waals surface area contributed by atoms with Crippen LogP contribution in [0, 0.1) is 0 Å². The Labute approximate surface area is 135 Å². The average Bonchev–Trinajstić information content (AvgIpc) is 3.16. The van der Waals surface area contributed by atoms with Gasteiger partial charge in [-0.3, -0.25) is 14.2 Å². The molecule has 7 nitrogen and oxygen atoms in total. The van der Waals surface area contributed by atoms with Gasteiger partial charge in [0.1, 0.15) is 0 Å². The molecule has 1 aliphatic heterocycles. The second-order valence-corrected chi connectivity index (χ2v) is 6.40. The van der Waals surface area contributed by atoms with Gasteiger partial charge >= 0.3 is 0 Å². The van der Waals surface area contributed by atoms with Crippen molar-refractivity contribution in [2.75, 3.05) is 18.4 Å². The molecular weight excluding hydrogens is 292 g/mol. The maximum absolute atomic E-state index is 12.3. The van der Waals surface area contributed by atoms with Crippen molar-refractivity contribution in [3.8, 4) is 0 Å². The second kappa shape index (κ2) is 6.16. The minimum Gasteiger partial charge on any atom is -0.315 e. The molecule has 2 aromatic rings. The van der Waals surface area contributed by atoms with Gasteiger partial charge in [-0.05, 0) is 44.7 Å². The van der Waals surface area contributed by atoms with Gasteiger partial charge in [-0.1, -0.05) is 0 Å². The van der Waals surface area contributed by atoms with Gasteiger partial charge in [0.2, 0.25) is 0 Å². The Morgan fingerprint density at radius 1 is 1.09 bits per heavy atom. The van der Waals surface area contributed by atoms with Gasteiger partial charge in [0, 0.05) is 25.0 Å². The van der Waals surface area contributed by atoms with Crippen molar-refractivity contribution < 1.29 is 4.79 Å². The van der Waals surface area contributed by atoms with Crippen LogP contribution in [-0.4, -0.2) is 38.6 Å². The van der Waals surface area contributed by atoms with Gasteiger partial charge in [0.05, 0.1) is 12.1 Å². The van der Waals surface area contributed by atoms with Crippen LogP contribution in [0.5, 0.6) is 0 Å². The highest BCUT2D eigenvalue weighted by atomic mass is 16.2. The predicted molar refractivity (Wildman–Crippen MR) is 86.4 cm³/mol. The van der Waals surface area contributed by atoms with Crippen molar-refractivity contribution in [1.82, 2.24) is 24.9 Å². The Morgan fingerprint density at radius 2 is 1.87 bits per heavy atom. The third-order valence-electron chi connectivity index (χ3n) is 4.78. The molecular formula is C16H22N6O. The third kappa shape index (κ3) is 3.01. The lowest BCUT2D eigenvalue weighted by atomic mass is 9.93. The Kier molecular flexibility index (Phi) is 3.87. The van der Waals surface area contributed by atoms with Crippen LogP contribution >= 0.6 is 0 Å². The number of piperidine rings is 1. The molecule has 1 amide bonds. The van der Waals surface area contributed by atoms with Crippen molar-refractivity contribution >= 4 is 11.7 Å². The monoisotopic (exact) mass is 314 g/mol. The number of amides is 1. The number of aromatic nitrogens is 4. The zero-order valence-corrected chi connectivity index (χ0v) is 13.1. The van der Waals surface area contributed by atoms with E-state index in [1.54, 1.807) is 6.07 Å². The molecule has 1 atom stereocenters. The van der Waals surface area contributed by atoms with Crippen LogP contribution in [0.2, 0.25) is 0 Å². The van der Waals surface area contributed by atoms with Crippen molar-refractivity contribution in [1.29, 1.82) is 0 Å². The molecule has 2 aliphatic rings. The molecule has 2 N–H and O–H groups in total. The Balaban J connectivity index is 1.40. The number of carbonyl (C=O) groups is 1. The van der Waals surface area contributed by atoms with Gasteiger partial charge < -0.3 is 10.6 Å². The average molecular weight is 314 g/mol. The summed E-state index contributed by atoms with van der Waals surface area (Å²) in [6.07, 6.45) is 9.68. The largest absolute Gasteiger partial charge is 0.315 e. The maximum Gasteiger partial charge on any atom is 0.277 e. The molecule has 23 heavy (non-hydrogen) atoms. The van der Waals surface area contributed by atoms with Crippen LogP contribution in [0.3, 0.4) is 0 Å². The van der Waals surface area contributed by atoms with Gasteiger partial charge in [-0.15, -0.1) is 0 Å². The molecule has 1 aliphatic carbocycles. The fraction of sp³-hybridized carbons (Fsp3) is 0.562. The van der Waals surface area contributed by atoms with E-state index in [-0.39, 0.29) is 5.91 Å². The minimum atomic E-state index is -0.202. The lowest BCUT2D eigenvalue weighted by Gasteiger charge is -2.25. The van der Waals surface area contributed by atoms with Crippen LogP contribution in [0.4, 0.5) is 5.82 Å². The van der Waals surface area contributed by atoms with Crippen LogP contribution in [0.15, 0.2) is 24.5 Å². The number of hydrogen-bond donors (Lipinski definition) is 2. The molecule has 2 aromatic heterocycles. The van der Waals surface area contributed by atoms with E-state index in [0.717, 1.165) is 25.9 Å². The number of rotatable bonds is 4. The fourth-order valence-corrected chi connectivity index (χ4v) is 3.16. The Hall–Kier alpha value is -2.15. The first kappa shape index (κ1) is 14.4. The first-order valence-corrected chi connectivity index (χ1v) is 8.42. The third-order valence-corrected chi connectivity index (χ3v) is 4.78. The molecule has 0 spiro atoms. The van der Waals surface area contributed by atoms with E-state index in [4.69, 9.17) is 0 Å². The number of nitrogens with zero attached hydrogens (tertiary/aromatic N) is 4. The van der Waals surface area contributed by atoms with Gasteiger partial charge in [-0.25, -0.2) is 0 Å². The van der Waals surface area contributed by atoms with Gasteiger partial charge in [-0.2, -0.15) is 10.2 Å². The van der Waals surface area contributed by atoms with Crippen molar-refractivity contribution in [3.05, 3.63) is 30.2 Å². The van der Waals surface area contributed by atoms with E-state index < -0.39 is 0 Å². The smallest absolute Gasteiger partial charge is 0.277 e. The highest BCUT2D eigenvalue weighted by Crippen LogP contribution is 2.31. The quantitative estimate of drug-likeness (QED) is 0.905. The zero-order chi connectivity index (χ0) is 15.6. The molecule has 0 unspecified atom stereocenters. The lowest BCUT2D eigenvalue weighted by Crippen LogP contribution is -2.32. The van der Waals surface area contributed by atoms with Gasteiger partial charge in [0.25, 0.3) is 5.91 Å². The predicted octanol–water partition coefficient (Wildman–Crippen LogP) is 1.98. The summed E-state index contributed by atoms with van der Waals surface area (Å²) in [6, 6.07) is 4.45. The summed E-state index contributed by atoms with van der Waals surface area (Å²) in [5, 5.41) is 15.1. The summed E-state index contributed by atoms with van der Waals surface area (Å²) in [5.41, 5.74) is 0.439. The highest BCUT2D eigenvalue weighted by Gasteiger charge is 2.21. The highest BCUT2D eigenvalue weighted by molar-refractivity contribution is 6.02. The molecule has 7 heteroatoms. The van der Waals surface area contributed by atoms with Crippen molar-refractivity contribution in [3.63, 3.8) is 0 Å². The summed E-state index contributed by atoms with van der Waals surface area (Å²) in [7, 11) is 0. The molecule has 2 fully saturated rings. The zero-order valence-electron chi connectivity index (χ0n) is 13.1. The molecule has 3 heterocycles. The lowest BCUT2D eigenvalue weighted by molar-refractivity contribution is 0.102. The summed E-state index contributed by atoms with van der Waals surface area (Å²) in [4.78, 5) is 12.3. The van der Waals surface area contributed by atoms with E-state index in [1.165, 1.54) is 19.3 Å². The first-order valence-electron chi connectivity index (χ1n) is 8.42. The minimum absolute atomic E-state index is 0.202. The van der Waals surface area contributed by atoms with Gasteiger partial charge in [0.15, 0.2) is 11.5 Å². The number of anilines is 1. The van der Waals surface area contributed by atoms with Crippen LogP contribution < -0.4 is 10.6 Å². The summed E-state index contributed by atoms with van der Waals surface area (Å²) in [6.45, 7) is 1.98. The topological polar surface area (TPSA) is 76.8 Å². The molecule has 122 valence electrons.